The van der Waals surface area contributed by atoms with E-state index in [0.717, 1.165) is 23.6 Å². The average molecular weight is 384 g/mol. The van der Waals surface area contributed by atoms with Crippen molar-refractivity contribution in [3.8, 4) is 0 Å². The lowest BCUT2D eigenvalue weighted by atomic mass is 10.2. The highest BCUT2D eigenvalue weighted by Gasteiger charge is 2.10. The molecule has 2 aromatic carbocycles. The Morgan fingerprint density at radius 2 is 1.57 bits per heavy atom. The average Bonchev–Trinajstić information content (AvgIpc) is 2.69. The number of carbonyl (C=O) groups excluding carboxylic acids is 1. The SMILES string of the molecule is CCNC(=NCCC(=O)N(C)Cc1ccccc1)N(C)Cc1ccc(F)cc1. The number of nitrogens with zero attached hydrogens (tertiary/aromatic N) is 3. The van der Waals surface area contributed by atoms with E-state index in [4.69, 9.17) is 0 Å². The summed E-state index contributed by atoms with van der Waals surface area (Å²) in [5.41, 5.74) is 2.10. The van der Waals surface area contributed by atoms with E-state index >= 15 is 0 Å². The van der Waals surface area contributed by atoms with Crippen LogP contribution >= 0.6 is 0 Å². The van der Waals surface area contributed by atoms with Crippen LogP contribution in [0.3, 0.4) is 0 Å². The first-order valence-corrected chi connectivity index (χ1v) is 9.51. The van der Waals surface area contributed by atoms with Crippen LogP contribution in [0.5, 0.6) is 0 Å². The van der Waals surface area contributed by atoms with E-state index in [-0.39, 0.29) is 11.7 Å². The highest BCUT2D eigenvalue weighted by atomic mass is 19.1. The maximum absolute atomic E-state index is 13.1. The predicted octanol–water partition coefficient (Wildman–Crippen LogP) is 3.27. The third-order valence-electron chi connectivity index (χ3n) is 4.31. The molecule has 1 N–H and O–H groups in total. The van der Waals surface area contributed by atoms with Crippen LogP contribution in [0.4, 0.5) is 4.39 Å². The molecule has 0 aliphatic heterocycles. The van der Waals surface area contributed by atoms with Crippen molar-refractivity contribution in [1.29, 1.82) is 0 Å². The van der Waals surface area contributed by atoms with E-state index in [2.05, 4.69) is 10.3 Å². The van der Waals surface area contributed by atoms with Crippen molar-refractivity contribution in [3.05, 3.63) is 71.5 Å². The van der Waals surface area contributed by atoms with Gasteiger partial charge in [-0.05, 0) is 30.2 Å². The number of hydrogen-bond acceptors (Lipinski definition) is 2. The smallest absolute Gasteiger partial charge is 0.224 e. The highest BCUT2D eigenvalue weighted by molar-refractivity contribution is 5.80. The second-order valence-corrected chi connectivity index (χ2v) is 6.70. The van der Waals surface area contributed by atoms with E-state index in [1.165, 1.54) is 12.1 Å². The molecule has 28 heavy (non-hydrogen) atoms. The molecule has 0 unspecified atom stereocenters. The zero-order chi connectivity index (χ0) is 20.4. The number of rotatable bonds is 8. The first-order valence-electron chi connectivity index (χ1n) is 9.51. The van der Waals surface area contributed by atoms with Gasteiger partial charge in [0.15, 0.2) is 5.96 Å². The lowest BCUT2D eigenvalue weighted by Crippen LogP contribution is -2.38. The minimum Gasteiger partial charge on any atom is -0.357 e. The molecule has 1 amide bonds. The minimum atomic E-state index is -0.245. The molecular weight excluding hydrogens is 355 g/mol. The zero-order valence-electron chi connectivity index (χ0n) is 16.9. The van der Waals surface area contributed by atoms with Crippen molar-refractivity contribution < 1.29 is 9.18 Å². The fourth-order valence-corrected chi connectivity index (χ4v) is 2.80. The van der Waals surface area contributed by atoms with Gasteiger partial charge in [0.05, 0.1) is 6.54 Å². The van der Waals surface area contributed by atoms with E-state index in [0.29, 0.717) is 26.1 Å². The predicted molar refractivity (Wildman–Crippen MR) is 111 cm³/mol. The van der Waals surface area contributed by atoms with Crippen LogP contribution in [0.2, 0.25) is 0 Å². The van der Waals surface area contributed by atoms with Crippen LogP contribution in [0, 0.1) is 5.82 Å². The van der Waals surface area contributed by atoms with Crippen molar-refractivity contribution >= 4 is 11.9 Å². The van der Waals surface area contributed by atoms with Gasteiger partial charge in [-0.25, -0.2) is 4.39 Å². The summed E-state index contributed by atoms with van der Waals surface area (Å²) in [6, 6.07) is 16.4. The van der Waals surface area contributed by atoms with Gasteiger partial charge in [0.1, 0.15) is 5.82 Å². The molecule has 0 fully saturated rings. The number of aliphatic imine (C=N–C) groups is 1. The Kier molecular flexibility index (Phi) is 8.46. The van der Waals surface area contributed by atoms with Crippen LogP contribution in [0.1, 0.15) is 24.5 Å². The molecule has 0 aliphatic rings. The Bertz CT molecular complexity index is 762. The third kappa shape index (κ3) is 7.02. The van der Waals surface area contributed by atoms with Crippen LogP contribution < -0.4 is 5.32 Å². The van der Waals surface area contributed by atoms with Crippen molar-refractivity contribution in [2.24, 2.45) is 4.99 Å². The Labute approximate surface area is 166 Å². The summed E-state index contributed by atoms with van der Waals surface area (Å²) in [7, 11) is 3.74. The number of amides is 1. The molecule has 150 valence electrons. The molecule has 0 radical (unpaired) electrons. The summed E-state index contributed by atoms with van der Waals surface area (Å²) in [6.45, 7) is 4.34. The molecule has 0 saturated carbocycles. The first kappa shape index (κ1) is 21.4. The number of carbonyl (C=O) groups is 1. The molecule has 2 aromatic rings. The van der Waals surface area contributed by atoms with Gasteiger partial charge in [-0.3, -0.25) is 9.79 Å². The van der Waals surface area contributed by atoms with Crippen LogP contribution in [-0.2, 0) is 17.9 Å². The van der Waals surface area contributed by atoms with Crippen molar-refractivity contribution in [1.82, 2.24) is 15.1 Å². The molecule has 0 saturated heterocycles. The summed E-state index contributed by atoms with van der Waals surface area (Å²) in [6.07, 6.45) is 0.350. The lowest BCUT2D eigenvalue weighted by molar-refractivity contribution is -0.130. The van der Waals surface area contributed by atoms with Gasteiger partial charge in [-0.2, -0.15) is 0 Å². The van der Waals surface area contributed by atoms with Crippen LogP contribution in [0.15, 0.2) is 59.6 Å². The second-order valence-electron chi connectivity index (χ2n) is 6.70. The lowest BCUT2D eigenvalue weighted by Gasteiger charge is -2.22. The summed E-state index contributed by atoms with van der Waals surface area (Å²) < 4.78 is 13.1. The Balaban J connectivity index is 1.88. The standard InChI is InChI=1S/C22H29FN4O/c1-4-24-22(27(3)17-19-10-12-20(23)13-11-19)25-15-14-21(28)26(2)16-18-8-6-5-7-9-18/h5-13H,4,14-17H2,1-3H3,(H,24,25). The molecule has 0 spiro atoms. The van der Waals surface area contributed by atoms with E-state index in [9.17, 15) is 9.18 Å². The molecule has 0 atom stereocenters. The molecule has 5 nitrogen and oxygen atoms in total. The summed E-state index contributed by atoms with van der Waals surface area (Å²) in [4.78, 5) is 20.6. The molecular formula is C22H29FN4O. The quantitative estimate of drug-likeness (QED) is 0.561. The molecule has 0 aromatic heterocycles. The van der Waals surface area contributed by atoms with Gasteiger partial charge in [-0.15, -0.1) is 0 Å². The maximum atomic E-state index is 13.1. The topological polar surface area (TPSA) is 47.9 Å². The molecule has 2 rings (SSSR count). The van der Waals surface area contributed by atoms with Gasteiger partial charge < -0.3 is 15.1 Å². The number of guanidine groups is 1. The van der Waals surface area contributed by atoms with E-state index in [1.54, 1.807) is 17.0 Å². The van der Waals surface area contributed by atoms with Crippen molar-refractivity contribution in [2.75, 3.05) is 27.2 Å². The van der Waals surface area contributed by atoms with Crippen molar-refractivity contribution in [2.45, 2.75) is 26.4 Å². The summed E-state index contributed by atoms with van der Waals surface area (Å²) in [5.74, 6) is 0.542. The molecule has 0 aliphatic carbocycles. The fraction of sp³-hybridized carbons (Fsp3) is 0.364. The van der Waals surface area contributed by atoms with Crippen LogP contribution in [0.25, 0.3) is 0 Å². The number of hydrogen-bond donors (Lipinski definition) is 1. The Morgan fingerprint density at radius 3 is 2.21 bits per heavy atom. The van der Waals surface area contributed by atoms with Gasteiger partial charge in [0.25, 0.3) is 0 Å². The Morgan fingerprint density at radius 1 is 0.964 bits per heavy atom. The number of halogens is 1. The summed E-state index contributed by atoms with van der Waals surface area (Å²) >= 11 is 0. The highest BCUT2D eigenvalue weighted by Crippen LogP contribution is 2.07. The monoisotopic (exact) mass is 384 g/mol. The maximum Gasteiger partial charge on any atom is 0.224 e. The van der Waals surface area contributed by atoms with Crippen molar-refractivity contribution in [3.63, 3.8) is 0 Å². The first-order chi connectivity index (χ1) is 13.5. The summed E-state index contributed by atoms with van der Waals surface area (Å²) in [5, 5.41) is 3.23. The normalized spacial score (nSPS) is 11.2. The minimum absolute atomic E-state index is 0.0599. The molecule has 0 heterocycles. The van der Waals surface area contributed by atoms with Crippen LogP contribution in [-0.4, -0.2) is 48.9 Å². The third-order valence-corrected chi connectivity index (χ3v) is 4.31. The van der Waals surface area contributed by atoms with Gasteiger partial charge in [0.2, 0.25) is 5.91 Å². The van der Waals surface area contributed by atoms with Gasteiger partial charge >= 0.3 is 0 Å². The second kappa shape index (κ2) is 11.1. The largest absolute Gasteiger partial charge is 0.357 e. The van der Waals surface area contributed by atoms with E-state index < -0.39 is 0 Å². The fourth-order valence-electron chi connectivity index (χ4n) is 2.80. The van der Waals surface area contributed by atoms with E-state index in [1.807, 2.05) is 56.3 Å². The van der Waals surface area contributed by atoms with Gasteiger partial charge in [-0.1, -0.05) is 42.5 Å². The number of benzene rings is 2. The number of nitrogens with one attached hydrogen (secondary N) is 1. The molecule has 0 bridgehead atoms. The van der Waals surface area contributed by atoms with Gasteiger partial charge in [0, 0.05) is 40.2 Å². The zero-order valence-corrected chi connectivity index (χ0v) is 16.9. The molecule has 6 heteroatoms. The Hall–Kier alpha value is -2.89.